The highest BCUT2D eigenvalue weighted by Crippen LogP contribution is 2.37. The van der Waals surface area contributed by atoms with Gasteiger partial charge in [-0.3, -0.25) is 14.4 Å². The van der Waals surface area contributed by atoms with Crippen molar-refractivity contribution >= 4 is 27.4 Å². The van der Waals surface area contributed by atoms with Crippen molar-refractivity contribution in [3.8, 4) is 11.5 Å². The van der Waals surface area contributed by atoms with E-state index < -0.39 is 20.9 Å². The molecule has 0 radical (unpaired) electrons. The van der Waals surface area contributed by atoms with Crippen LogP contribution in [0.3, 0.4) is 0 Å². The van der Waals surface area contributed by atoms with Gasteiger partial charge in [-0.05, 0) is 12.1 Å². The van der Waals surface area contributed by atoms with E-state index in [2.05, 4.69) is 6.58 Å². The van der Waals surface area contributed by atoms with Crippen LogP contribution in [0.2, 0.25) is 0 Å². The third-order valence-electron chi connectivity index (χ3n) is 4.11. The minimum atomic E-state index is -4.23. The van der Waals surface area contributed by atoms with Crippen LogP contribution >= 0.6 is 0 Å². The van der Waals surface area contributed by atoms with Crippen LogP contribution < -0.4 is 13.8 Å². The standard InChI is InChI=1S/C19H20N2O8S/c1-5-10-20(30(25,26)14-8-6-13(7-9-14)21(23)24)16-12-18(28-3)17(27-2)11-15(16)19(22)29-4/h5-9,11-12H,1,10H2,2-4H3. The Hall–Kier alpha value is -3.60. The Labute approximate surface area is 173 Å². The van der Waals surface area contributed by atoms with E-state index in [0.29, 0.717) is 0 Å². The lowest BCUT2D eigenvalue weighted by atomic mass is 10.1. The summed E-state index contributed by atoms with van der Waals surface area (Å²) in [6.45, 7) is 3.38. The van der Waals surface area contributed by atoms with Crippen LogP contribution in [-0.4, -0.2) is 47.2 Å². The monoisotopic (exact) mass is 436 g/mol. The molecule has 0 N–H and O–H groups in total. The number of methoxy groups -OCH3 is 3. The molecule has 0 aliphatic rings. The van der Waals surface area contributed by atoms with Crippen LogP contribution in [0.5, 0.6) is 11.5 Å². The molecule has 160 valence electrons. The van der Waals surface area contributed by atoms with Crippen LogP contribution in [0.4, 0.5) is 11.4 Å². The number of carbonyl (C=O) groups excluding carboxylic acids is 1. The van der Waals surface area contributed by atoms with Gasteiger partial charge in [-0.25, -0.2) is 13.2 Å². The van der Waals surface area contributed by atoms with Crippen LogP contribution in [0.25, 0.3) is 0 Å². The first kappa shape index (κ1) is 22.7. The Kier molecular flexibility index (Phi) is 7.01. The minimum Gasteiger partial charge on any atom is -0.493 e. The van der Waals surface area contributed by atoms with Crippen LogP contribution in [-0.2, 0) is 14.8 Å². The zero-order valence-electron chi connectivity index (χ0n) is 16.5. The molecule has 30 heavy (non-hydrogen) atoms. The first-order chi connectivity index (χ1) is 14.2. The Morgan fingerprint density at radius 3 is 2.17 bits per heavy atom. The molecule has 0 aliphatic carbocycles. The van der Waals surface area contributed by atoms with Crippen molar-refractivity contribution in [1.29, 1.82) is 0 Å². The van der Waals surface area contributed by atoms with Gasteiger partial charge in [0.15, 0.2) is 11.5 Å². The van der Waals surface area contributed by atoms with Crippen molar-refractivity contribution in [2.75, 3.05) is 32.2 Å². The molecule has 0 atom stereocenters. The predicted molar refractivity (Wildman–Crippen MR) is 109 cm³/mol. The van der Waals surface area contributed by atoms with Gasteiger partial charge in [0.05, 0.1) is 48.9 Å². The van der Waals surface area contributed by atoms with Gasteiger partial charge in [-0.2, -0.15) is 0 Å². The summed E-state index contributed by atoms with van der Waals surface area (Å²) in [4.78, 5) is 22.4. The van der Waals surface area contributed by atoms with Gasteiger partial charge < -0.3 is 14.2 Å². The third-order valence-corrected chi connectivity index (χ3v) is 5.90. The van der Waals surface area contributed by atoms with E-state index in [0.717, 1.165) is 35.7 Å². The lowest BCUT2D eigenvalue weighted by Gasteiger charge is -2.26. The Morgan fingerprint density at radius 2 is 1.70 bits per heavy atom. The summed E-state index contributed by atoms with van der Waals surface area (Å²) >= 11 is 0. The smallest absolute Gasteiger partial charge is 0.340 e. The fourth-order valence-electron chi connectivity index (χ4n) is 2.66. The molecule has 0 fully saturated rings. The Balaban J connectivity index is 2.73. The quantitative estimate of drug-likeness (QED) is 0.254. The second-order valence-corrected chi connectivity index (χ2v) is 7.65. The molecule has 2 aromatic carbocycles. The lowest BCUT2D eigenvalue weighted by Crippen LogP contribution is -2.32. The zero-order valence-corrected chi connectivity index (χ0v) is 17.3. The molecule has 0 saturated heterocycles. The number of esters is 1. The van der Waals surface area contributed by atoms with Crippen LogP contribution in [0.15, 0.2) is 53.9 Å². The van der Waals surface area contributed by atoms with E-state index in [1.807, 2.05) is 0 Å². The van der Waals surface area contributed by atoms with Crippen molar-refractivity contribution in [1.82, 2.24) is 0 Å². The number of nitro groups is 1. The number of nitrogens with zero attached hydrogens (tertiary/aromatic N) is 2. The first-order valence-electron chi connectivity index (χ1n) is 8.43. The number of anilines is 1. The fraction of sp³-hybridized carbons (Fsp3) is 0.211. The molecule has 2 aromatic rings. The van der Waals surface area contributed by atoms with Crippen molar-refractivity contribution in [3.05, 3.63) is 64.7 Å². The zero-order chi connectivity index (χ0) is 22.5. The average molecular weight is 436 g/mol. The molecule has 0 amide bonds. The summed E-state index contributed by atoms with van der Waals surface area (Å²) in [5, 5.41) is 10.9. The number of hydrogen-bond acceptors (Lipinski definition) is 8. The van der Waals surface area contributed by atoms with Gasteiger partial charge in [-0.1, -0.05) is 6.08 Å². The predicted octanol–water partition coefficient (Wildman–Crippen LogP) is 2.78. The number of nitro benzene ring substituents is 1. The molecular formula is C19H20N2O8S. The summed E-state index contributed by atoms with van der Waals surface area (Å²) in [6.07, 6.45) is 1.33. The average Bonchev–Trinajstić information content (AvgIpc) is 2.75. The third kappa shape index (κ3) is 4.35. The second kappa shape index (κ2) is 9.27. The van der Waals surface area contributed by atoms with Gasteiger partial charge in [0.25, 0.3) is 15.7 Å². The van der Waals surface area contributed by atoms with Crippen molar-refractivity contribution < 1.29 is 32.3 Å². The highest BCUT2D eigenvalue weighted by Gasteiger charge is 2.30. The van der Waals surface area contributed by atoms with Crippen LogP contribution in [0, 0.1) is 10.1 Å². The van der Waals surface area contributed by atoms with Gasteiger partial charge in [0.1, 0.15) is 0 Å². The number of ether oxygens (including phenoxy) is 3. The molecule has 0 aromatic heterocycles. The fourth-order valence-corrected chi connectivity index (χ4v) is 4.10. The van der Waals surface area contributed by atoms with Gasteiger partial charge >= 0.3 is 5.97 Å². The normalized spacial score (nSPS) is 10.8. The van der Waals surface area contributed by atoms with E-state index >= 15 is 0 Å². The molecule has 0 spiro atoms. The molecule has 0 aliphatic heterocycles. The Morgan fingerprint density at radius 1 is 1.13 bits per heavy atom. The first-order valence-corrected chi connectivity index (χ1v) is 9.87. The molecule has 0 bridgehead atoms. The molecule has 10 nitrogen and oxygen atoms in total. The minimum absolute atomic E-state index is 0.0299. The van der Waals surface area contributed by atoms with E-state index in [-0.39, 0.29) is 39.9 Å². The number of carbonyl (C=O) groups is 1. The molecule has 0 unspecified atom stereocenters. The summed E-state index contributed by atoms with van der Waals surface area (Å²) in [5.41, 5.74) is -0.370. The van der Waals surface area contributed by atoms with Crippen LogP contribution in [0.1, 0.15) is 10.4 Å². The topological polar surface area (TPSA) is 125 Å². The lowest BCUT2D eigenvalue weighted by molar-refractivity contribution is -0.384. The SMILES string of the molecule is C=CCN(c1cc(OC)c(OC)cc1C(=O)OC)S(=O)(=O)c1ccc([N+](=O)[O-])cc1. The van der Waals surface area contributed by atoms with Crippen molar-refractivity contribution in [2.45, 2.75) is 4.90 Å². The summed E-state index contributed by atoms with van der Waals surface area (Å²) < 4.78 is 42.7. The number of hydrogen-bond donors (Lipinski definition) is 0. The maximum absolute atomic E-state index is 13.3. The Bertz CT molecular complexity index is 1060. The van der Waals surface area contributed by atoms with Crippen molar-refractivity contribution in [3.63, 3.8) is 0 Å². The summed E-state index contributed by atoms with van der Waals surface area (Å²) in [6, 6.07) is 7.02. The summed E-state index contributed by atoms with van der Waals surface area (Å²) in [7, 11) is -0.342. The number of benzene rings is 2. The van der Waals surface area contributed by atoms with Crippen molar-refractivity contribution in [2.24, 2.45) is 0 Å². The number of non-ortho nitro benzene ring substituents is 1. The summed E-state index contributed by atoms with van der Waals surface area (Å²) in [5.74, 6) is -0.403. The molecular weight excluding hydrogens is 416 g/mol. The highest BCUT2D eigenvalue weighted by molar-refractivity contribution is 7.92. The van der Waals surface area contributed by atoms with E-state index in [9.17, 15) is 23.3 Å². The van der Waals surface area contributed by atoms with E-state index in [1.165, 1.54) is 32.4 Å². The second-order valence-electron chi connectivity index (χ2n) is 5.79. The maximum atomic E-state index is 13.3. The maximum Gasteiger partial charge on any atom is 0.340 e. The van der Waals surface area contributed by atoms with Gasteiger partial charge in [0.2, 0.25) is 0 Å². The number of rotatable bonds is 9. The largest absolute Gasteiger partial charge is 0.493 e. The van der Waals surface area contributed by atoms with E-state index in [4.69, 9.17) is 14.2 Å². The number of sulfonamides is 1. The molecule has 0 saturated carbocycles. The molecule has 0 heterocycles. The molecule has 2 rings (SSSR count). The molecule has 11 heteroatoms. The van der Waals surface area contributed by atoms with E-state index in [1.54, 1.807) is 0 Å². The van der Waals surface area contributed by atoms with Gasteiger partial charge in [-0.15, -0.1) is 6.58 Å². The van der Waals surface area contributed by atoms with Gasteiger partial charge in [0, 0.05) is 24.3 Å². The highest BCUT2D eigenvalue weighted by atomic mass is 32.2.